The fourth-order valence-corrected chi connectivity index (χ4v) is 2.78. The Morgan fingerprint density at radius 3 is 3.00 bits per heavy atom. The van der Waals surface area contributed by atoms with Gasteiger partial charge in [0.15, 0.2) is 5.13 Å². The van der Waals surface area contributed by atoms with Crippen molar-refractivity contribution in [1.82, 2.24) is 4.98 Å². The number of aromatic nitrogens is 1. The lowest BCUT2D eigenvalue weighted by Crippen LogP contribution is -2.33. The van der Waals surface area contributed by atoms with Gasteiger partial charge in [0, 0.05) is 17.6 Å². The molecule has 0 saturated heterocycles. The molecule has 0 aromatic carbocycles. The van der Waals surface area contributed by atoms with Gasteiger partial charge in [0.1, 0.15) is 0 Å². The Balaban J connectivity index is 1.95. The summed E-state index contributed by atoms with van der Waals surface area (Å²) in [5.41, 5.74) is 0. The van der Waals surface area contributed by atoms with Gasteiger partial charge in [0.05, 0.1) is 0 Å². The van der Waals surface area contributed by atoms with E-state index in [0.717, 1.165) is 17.0 Å². The van der Waals surface area contributed by atoms with Crippen LogP contribution in [0.15, 0.2) is 11.6 Å². The van der Waals surface area contributed by atoms with Crippen LogP contribution in [0.5, 0.6) is 0 Å². The van der Waals surface area contributed by atoms with Crippen molar-refractivity contribution in [2.45, 2.75) is 39.2 Å². The van der Waals surface area contributed by atoms with Gasteiger partial charge in [0.2, 0.25) is 0 Å². The number of anilines is 1. The maximum Gasteiger partial charge on any atom is 0.182 e. The third kappa shape index (κ3) is 2.27. The van der Waals surface area contributed by atoms with Gasteiger partial charge in [0.25, 0.3) is 0 Å². The molecule has 3 heteroatoms. The van der Waals surface area contributed by atoms with Crippen molar-refractivity contribution in [1.29, 1.82) is 0 Å². The summed E-state index contributed by atoms with van der Waals surface area (Å²) >= 11 is 1.70. The summed E-state index contributed by atoms with van der Waals surface area (Å²) in [6.45, 7) is 4.69. The first-order valence-electron chi connectivity index (χ1n) is 5.41. The maximum absolute atomic E-state index is 4.28. The molecule has 1 N–H and O–H groups in total. The summed E-state index contributed by atoms with van der Waals surface area (Å²) in [7, 11) is 0. The minimum atomic E-state index is 0.630. The molecule has 1 saturated carbocycles. The lowest BCUT2D eigenvalue weighted by atomic mass is 9.80. The molecule has 0 bridgehead atoms. The molecule has 0 spiro atoms. The molecule has 1 heterocycles. The fourth-order valence-electron chi connectivity index (χ4n) is 2.19. The highest BCUT2D eigenvalue weighted by atomic mass is 32.1. The summed E-state index contributed by atoms with van der Waals surface area (Å²) in [5, 5.41) is 6.66. The second-order valence-corrected chi connectivity index (χ2v) is 5.38. The summed E-state index contributed by atoms with van der Waals surface area (Å²) in [6.07, 6.45) is 5.89. The van der Waals surface area contributed by atoms with Crippen LogP contribution >= 0.6 is 11.3 Å². The summed E-state index contributed by atoms with van der Waals surface area (Å²) in [4.78, 5) is 4.28. The van der Waals surface area contributed by atoms with Gasteiger partial charge in [-0.2, -0.15) is 0 Å². The van der Waals surface area contributed by atoms with E-state index in [1.807, 2.05) is 11.6 Å². The third-order valence-corrected chi connectivity index (χ3v) is 3.90. The molecule has 1 aromatic heterocycles. The molecular formula is C11H18N2S. The maximum atomic E-state index is 4.28. The molecule has 1 fully saturated rings. The molecule has 2 nitrogen and oxygen atoms in total. The number of thiazole rings is 1. The van der Waals surface area contributed by atoms with E-state index in [0.29, 0.717) is 6.04 Å². The summed E-state index contributed by atoms with van der Waals surface area (Å²) in [6, 6.07) is 0.630. The number of hydrogen-bond donors (Lipinski definition) is 1. The molecule has 1 aliphatic rings. The lowest BCUT2D eigenvalue weighted by Gasteiger charge is -2.33. The Hall–Kier alpha value is -0.570. The first-order chi connectivity index (χ1) is 6.75. The van der Waals surface area contributed by atoms with Crippen molar-refractivity contribution in [3.63, 3.8) is 0 Å². The molecule has 2 rings (SSSR count). The Labute approximate surface area is 89.8 Å². The second kappa shape index (κ2) is 4.30. The van der Waals surface area contributed by atoms with Crippen molar-refractivity contribution in [2.24, 2.45) is 11.8 Å². The van der Waals surface area contributed by atoms with E-state index in [4.69, 9.17) is 0 Å². The Bertz CT molecular complexity index is 271. The molecule has 0 radical (unpaired) electrons. The number of nitrogens with one attached hydrogen (secondary N) is 1. The second-order valence-electron chi connectivity index (χ2n) is 4.48. The van der Waals surface area contributed by atoms with E-state index in [-0.39, 0.29) is 0 Å². The SMILES string of the molecule is CC1CCC(C)C(Nc2nccs2)C1. The van der Waals surface area contributed by atoms with E-state index in [1.54, 1.807) is 11.3 Å². The van der Waals surface area contributed by atoms with Gasteiger partial charge in [-0.1, -0.05) is 20.3 Å². The summed E-state index contributed by atoms with van der Waals surface area (Å²) in [5.74, 6) is 1.65. The third-order valence-electron chi connectivity index (χ3n) is 3.20. The molecule has 78 valence electrons. The van der Waals surface area contributed by atoms with Crippen LogP contribution in [0.1, 0.15) is 33.1 Å². The van der Waals surface area contributed by atoms with Crippen LogP contribution in [0.4, 0.5) is 5.13 Å². The topological polar surface area (TPSA) is 24.9 Å². The number of hydrogen-bond acceptors (Lipinski definition) is 3. The molecule has 0 aliphatic heterocycles. The molecule has 1 aliphatic carbocycles. The van der Waals surface area contributed by atoms with Crippen LogP contribution in [0.3, 0.4) is 0 Å². The number of rotatable bonds is 2. The summed E-state index contributed by atoms with van der Waals surface area (Å²) < 4.78 is 0. The first-order valence-corrected chi connectivity index (χ1v) is 6.29. The van der Waals surface area contributed by atoms with E-state index >= 15 is 0 Å². The molecule has 1 aromatic rings. The average molecular weight is 210 g/mol. The zero-order chi connectivity index (χ0) is 9.97. The van der Waals surface area contributed by atoms with Gasteiger partial charge in [-0.05, 0) is 24.7 Å². The van der Waals surface area contributed by atoms with Gasteiger partial charge in [-0.15, -0.1) is 11.3 Å². The zero-order valence-corrected chi connectivity index (χ0v) is 9.68. The van der Waals surface area contributed by atoms with E-state index < -0.39 is 0 Å². The fraction of sp³-hybridized carbons (Fsp3) is 0.727. The van der Waals surface area contributed by atoms with Gasteiger partial charge < -0.3 is 5.32 Å². The quantitative estimate of drug-likeness (QED) is 0.809. The highest BCUT2D eigenvalue weighted by Crippen LogP contribution is 2.30. The Morgan fingerprint density at radius 2 is 2.29 bits per heavy atom. The molecule has 14 heavy (non-hydrogen) atoms. The van der Waals surface area contributed by atoms with E-state index in [2.05, 4.69) is 24.1 Å². The zero-order valence-electron chi connectivity index (χ0n) is 8.86. The molecular weight excluding hydrogens is 192 g/mol. The van der Waals surface area contributed by atoms with Crippen molar-refractivity contribution in [2.75, 3.05) is 5.32 Å². The van der Waals surface area contributed by atoms with Crippen molar-refractivity contribution in [3.8, 4) is 0 Å². The average Bonchev–Trinajstić information content (AvgIpc) is 2.64. The first kappa shape index (κ1) is 9.97. The largest absolute Gasteiger partial charge is 0.359 e. The van der Waals surface area contributed by atoms with Gasteiger partial charge >= 0.3 is 0 Å². The standard InChI is InChI=1S/C11H18N2S/c1-8-3-4-9(2)10(7-8)13-11-12-5-6-14-11/h5-6,8-10H,3-4,7H2,1-2H3,(H,12,13). The normalized spacial score (nSPS) is 32.9. The minimum Gasteiger partial charge on any atom is -0.359 e. The van der Waals surface area contributed by atoms with E-state index in [1.165, 1.54) is 19.3 Å². The smallest absolute Gasteiger partial charge is 0.182 e. The van der Waals surface area contributed by atoms with Gasteiger partial charge in [-0.3, -0.25) is 0 Å². The highest BCUT2D eigenvalue weighted by Gasteiger charge is 2.25. The predicted octanol–water partition coefficient (Wildman–Crippen LogP) is 3.38. The molecule has 3 atom stereocenters. The monoisotopic (exact) mass is 210 g/mol. The Morgan fingerprint density at radius 1 is 1.43 bits per heavy atom. The van der Waals surface area contributed by atoms with Crippen LogP contribution in [0.2, 0.25) is 0 Å². The minimum absolute atomic E-state index is 0.630. The van der Waals surface area contributed by atoms with Crippen molar-refractivity contribution >= 4 is 16.5 Å². The van der Waals surface area contributed by atoms with Crippen molar-refractivity contribution in [3.05, 3.63) is 11.6 Å². The van der Waals surface area contributed by atoms with E-state index in [9.17, 15) is 0 Å². The van der Waals surface area contributed by atoms with Crippen LogP contribution in [-0.4, -0.2) is 11.0 Å². The highest BCUT2D eigenvalue weighted by molar-refractivity contribution is 7.13. The molecule has 3 unspecified atom stereocenters. The van der Waals surface area contributed by atoms with Crippen LogP contribution < -0.4 is 5.32 Å². The van der Waals surface area contributed by atoms with Crippen LogP contribution in [-0.2, 0) is 0 Å². The van der Waals surface area contributed by atoms with Crippen LogP contribution in [0, 0.1) is 11.8 Å². The Kier molecular flexibility index (Phi) is 3.06. The van der Waals surface area contributed by atoms with Crippen molar-refractivity contribution < 1.29 is 0 Å². The number of nitrogens with zero attached hydrogens (tertiary/aromatic N) is 1. The lowest BCUT2D eigenvalue weighted by molar-refractivity contribution is 0.280. The molecule has 0 amide bonds. The predicted molar refractivity (Wildman–Crippen MR) is 61.7 cm³/mol. The van der Waals surface area contributed by atoms with Crippen LogP contribution in [0.25, 0.3) is 0 Å². The van der Waals surface area contributed by atoms with Gasteiger partial charge in [-0.25, -0.2) is 4.98 Å².